The van der Waals surface area contributed by atoms with Gasteiger partial charge in [-0.15, -0.1) is 0 Å². The zero-order valence-corrected chi connectivity index (χ0v) is 11.6. The van der Waals surface area contributed by atoms with Crippen molar-refractivity contribution in [3.63, 3.8) is 0 Å². The van der Waals surface area contributed by atoms with Crippen LogP contribution in [0.25, 0.3) is 12.2 Å². The van der Waals surface area contributed by atoms with Gasteiger partial charge in [-0.25, -0.2) is 4.98 Å². The van der Waals surface area contributed by atoms with E-state index in [-0.39, 0.29) is 12.5 Å². The average molecular weight is 311 g/mol. The van der Waals surface area contributed by atoms with Crippen LogP contribution in [-0.2, 0) is 22.3 Å². The summed E-state index contributed by atoms with van der Waals surface area (Å²) in [4.78, 5) is 14.7. The van der Waals surface area contributed by atoms with Crippen LogP contribution in [0, 0.1) is 0 Å². The number of aromatic nitrogens is 1. The summed E-state index contributed by atoms with van der Waals surface area (Å²) < 4.78 is 47.2. The van der Waals surface area contributed by atoms with Gasteiger partial charge in [0.2, 0.25) is 5.89 Å². The highest BCUT2D eigenvalue weighted by Gasteiger charge is 2.29. The summed E-state index contributed by atoms with van der Waals surface area (Å²) in [7, 11) is 0. The van der Waals surface area contributed by atoms with Crippen LogP contribution in [0.2, 0.25) is 0 Å². The Kier molecular flexibility index (Phi) is 4.65. The first-order valence-corrected chi connectivity index (χ1v) is 6.28. The van der Waals surface area contributed by atoms with Gasteiger partial charge >= 0.3 is 12.1 Å². The lowest BCUT2D eigenvalue weighted by Gasteiger charge is -2.05. The first kappa shape index (κ1) is 15.8. The van der Waals surface area contributed by atoms with Gasteiger partial charge in [-0.3, -0.25) is 4.79 Å². The first-order valence-electron chi connectivity index (χ1n) is 6.28. The number of rotatable bonds is 4. The zero-order chi connectivity index (χ0) is 16.2. The molecule has 0 aliphatic heterocycles. The lowest BCUT2D eigenvalue weighted by Crippen LogP contribution is -2.03. The second-order valence-electron chi connectivity index (χ2n) is 4.41. The third-order valence-corrected chi connectivity index (χ3v) is 2.65. The predicted octanol–water partition coefficient (Wildman–Crippen LogP) is 3.93. The lowest BCUT2D eigenvalue weighted by molar-refractivity contribution is -0.142. The van der Waals surface area contributed by atoms with Crippen LogP contribution >= 0.6 is 0 Å². The van der Waals surface area contributed by atoms with Crippen molar-refractivity contribution in [1.29, 1.82) is 0 Å². The van der Waals surface area contributed by atoms with Crippen LogP contribution in [0.15, 0.2) is 34.9 Å². The minimum atomic E-state index is -4.35. The number of ether oxygens (including phenoxy) is 1. The van der Waals surface area contributed by atoms with Gasteiger partial charge in [-0.2, -0.15) is 13.2 Å². The summed E-state index contributed by atoms with van der Waals surface area (Å²) in [6.45, 7) is 1.29. The number of halogens is 3. The van der Waals surface area contributed by atoms with Gasteiger partial charge in [0, 0.05) is 13.0 Å². The molecule has 0 atom stereocenters. The molecule has 0 unspecified atom stereocenters. The van der Waals surface area contributed by atoms with Crippen molar-refractivity contribution >= 4 is 18.1 Å². The minimum Gasteiger partial charge on any atom is -0.459 e. The van der Waals surface area contributed by atoms with E-state index in [1.54, 1.807) is 6.08 Å². The Morgan fingerprint density at radius 1 is 1.27 bits per heavy atom. The summed E-state index contributed by atoms with van der Waals surface area (Å²) in [6.07, 6.45) is 0.0766. The van der Waals surface area contributed by atoms with E-state index in [2.05, 4.69) is 4.98 Å². The van der Waals surface area contributed by atoms with Crippen molar-refractivity contribution in [1.82, 2.24) is 4.98 Å². The van der Waals surface area contributed by atoms with Crippen LogP contribution < -0.4 is 0 Å². The van der Waals surface area contributed by atoms with E-state index in [4.69, 9.17) is 9.15 Å². The fourth-order valence-electron chi connectivity index (χ4n) is 1.59. The molecule has 4 nitrogen and oxygen atoms in total. The van der Waals surface area contributed by atoms with Crippen molar-refractivity contribution in [2.45, 2.75) is 19.7 Å². The molecule has 2 aromatic rings. The standard InChI is InChI=1S/C15H12F3NO3/c1-10(20)21-8-13-9-22-14(19-13)7-4-11-2-5-12(6-3-11)15(16,17)18/h2-7,9H,8H2,1H3/b7-4+. The van der Waals surface area contributed by atoms with E-state index >= 15 is 0 Å². The minimum absolute atomic E-state index is 0.00690. The lowest BCUT2D eigenvalue weighted by atomic mass is 10.1. The van der Waals surface area contributed by atoms with Gasteiger partial charge in [0.15, 0.2) is 0 Å². The van der Waals surface area contributed by atoms with Crippen molar-refractivity contribution in [2.75, 3.05) is 0 Å². The molecule has 0 amide bonds. The Labute approximate surface area is 124 Å². The van der Waals surface area contributed by atoms with Gasteiger partial charge in [0.1, 0.15) is 18.6 Å². The van der Waals surface area contributed by atoms with Crippen LogP contribution in [0.3, 0.4) is 0 Å². The quantitative estimate of drug-likeness (QED) is 0.803. The van der Waals surface area contributed by atoms with Crippen LogP contribution in [0.1, 0.15) is 29.6 Å². The van der Waals surface area contributed by atoms with E-state index in [1.807, 2.05) is 0 Å². The second-order valence-corrected chi connectivity index (χ2v) is 4.41. The fraction of sp³-hybridized carbons (Fsp3) is 0.200. The van der Waals surface area contributed by atoms with Gasteiger partial charge in [-0.05, 0) is 23.8 Å². The van der Waals surface area contributed by atoms with Crippen molar-refractivity contribution in [3.8, 4) is 0 Å². The molecule has 0 aliphatic carbocycles. The molecular formula is C15H12F3NO3. The molecule has 1 heterocycles. The third kappa shape index (κ3) is 4.47. The molecule has 0 spiro atoms. The molecule has 0 N–H and O–H groups in total. The molecule has 0 saturated carbocycles. The molecule has 0 aliphatic rings. The first-order chi connectivity index (χ1) is 10.3. The Balaban J connectivity index is 2.01. The molecule has 7 heteroatoms. The van der Waals surface area contributed by atoms with Gasteiger partial charge in [-0.1, -0.05) is 12.1 Å². The average Bonchev–Trinajstić information content (AvgIpc) is 2.90. The second kappa shape index (κ2) is 6.46. The maximum Gasteiger partial charge on any atom is 0.416 e. The SMILES string of the molecule is CC(=O)OCc1coc(/C=C/c2ccc(C(F)(F)F)cc2)n1. The largest absolute Gasteiger partial charge is 0.459 e. The molecule has 22 heavy (non-hydrogen) atoms. The predicted molar refractivity (Wildman–Crippen MR) is 72.3 cm³/mol. The number of alkyl halides is 3. The summed E-state index contributed by atoms with van der Waals surface area (Å²) in [6, 6.07) is 4.70. The number of nitrogens with zero attached hydrogens (tertiary/aromatic N) is 1. The van der Waals surface area contributed by atoms with E-state index in [9.17, 15) is 18.0 Å². The number of hydrogen-bond acceptors (Lipinski definition) is 4. The highest BCUT2D eigenvalue weighted by atomic mass is 19.4. The number of carbonyl (C=O) groups excluding carboxylic acids is 1. The van der Waals surface area contributed by atoms with Crippen molar-refractivity contribution in [3.05, 3.63) is 53.2 Å². The number of carbonyl (C=O) groups is 1. The van der Waals surface area contributed by atoms with Crippen molar-refractivity contribution in [2.24, 2.45) is 0 Å². The summed E-state index contributed by atoms with van der Waals surface area (Å²) in [5.41, 5.74) is 0.319. The van der Waals surface area contributed by atoms with E-state index in [0.29, 0.717) is 11.3 Å². The van der Waals surface area contributed by atoms with Gasteiger partial charge in [0.05, 0.1) is 5.56 Å². The zero-order valence-electron chi connectivity index (χ0n) is 11.6. The molecule has 1 aromatic heterocycles. The van der Waals surface area contributed by atoms with Crippen LogP contribution in [-0.4, -0.2) is 11.0 Å². The Hall–Kier alpha value is -2.57. The van der Waals surface area contributed by atoms with E-state index in [0.717, 1.165) is 12.1 Å². The monoisotopic (exact) mass is 311 g/mol. The summed E-state index contributed by atoms with van der Waals surface area (Å²) in [5.74, 6) is -0.160. The highest BCUT2D eigenvalue weighted by molar-refractivity contribution is 5.66. The maximum atomic E-state index is 12.4. The van der Waals surface area contributed by atoms with Crippen LogP contribution in [0.5, 0.6) is 0 Å². The fourth-order valence-corrected chi connectivity index (χ4v) is 1.59. The molecule has 0 saturated heterocycles. The smallest absolute Gasteiger partial charge is 0.416 e. The Bertz CT molecular complexity index is 672. The normalized spacial score (nSPS) is 11.8. The summed E-state index contributed by atoms with van der Waals surface area (Å²) in [5, 5.41) is 0. The topological polar surface area (TPSA) is 52.3 Å². The molecule has 2 rings (SSSR count). The number of hydrogen-bond donors (Lipinski definition) is 0. The van der Waals surface area contributed by atoms with Crippen LogP contribution in [0.4, 0.5) is 13.2 Å². The maximum absolute atomic E-state index is 12.4. The molecule has 1 aromatic carbocycles. The molecular weight excluding hydrogens is 299 g/mol. The van der Waals surface area contributed by atoms with Gasteiger partial charge in [0.25, 0.3) is 0 Å². The highest BCUT2D eigenvalue weighted by Crippen LogP contribution is 2.29. The van der Waals surface area contributed by atoms with E-state index < -0.39 is 17.7 Å². The summed E-state index contributed by atoms with van der Waals surface area (Å²) >= 11 is 0. The van der Waals surface area contributed by atoms with Crippen molar-refractivity contribution < 1.29 is 27.1 Å². The molecule has 116 valence electrons. The molecule has 0 bridgehead atoms. The Morgan fingerprint density at radius 3 is 2.55 bits per heavy atom. The van der Waals surface area contributed by atoms with Gasteiger partial charge < -0.3 is 9.15 Å². The molecule has 0 radical (unpaired) electrons. The number of benzene rings is 1. The number of esters is 1. The third-order valence-electron chi connectivity index (χ3n) is 2.65. The van der Waals surface area contributed by atoms with E-state index in [1.165, 1.54) is 31.4 Å². The Morgan fingerprint density at radius 2 is 1.95 bits per heavy atom. The number of oxazole rings is 1. The molecule has 0 fully saturated rings.